The quantitative estimate of drug-likeness (QED) is 0.721. The summed E-state index contributed by atoms with van der Waals surface area (Å²) in [5.41, 5.74) is 0.897. The predicted molar refractivity (Wildman–Crippen MR) is 83.5 cm³/mol. The predicted octanol–water partition coefficient (Wildman–Crippen LogP) is 3.24. The van der Waals surface area contributed by atoms with E-state index < -0.39 is 0 Å². The minimum absolute atomic E-state index is 0.312. The number of hydrogen-bond donors (Lipinski definition) is 1. The van der Waals surface area contributed by atoms with Crippen molar-refractivity contribution in [2.45, 2.75) is 13.0 Å². The topological polar surface area (TPSA) is 30.5 Å². The van der Waals surface area contributed by atoms with Gasteiger partial charge in [0, 0.05) is 31.5 Å². The summed E-state index contributed by atoms with van der Waals surface area (Å²) in [5, 5.41) is 5.21. The second-order valence-electron chi connectivity index (χ2n) is 4.61. The molecule has 1 aromatic heterocycles. The van der Waals surface area contributed by atoms with Crippen molar-refractivity contribution in [2.24, 2.45) is 0 Å². The number of rotatable bonds is 9. The van der Waals surface area contributed by atoms with Gasteiger partial charge in [-0.15, -0.1) is 11.3 Å². The average molecular weight is 309 g/mol. The Balaban J connectivity index is 1.78. The van der Waals surface area contributed by atoms with Gasteiger partial charge in [0.25, 0.3) is 0 Å². The summed E-state index contributed by atoms with van der Waals surface area (Å²) in [5.74, 6) is -0.000538. The Kier molecular flexibility index (Phi) is 6.66. The summed E-state index contributed by atoms with van der Waals surface area (Å²) in [6, 6.07) is 9.14. The Hall–Kier alpha value is -1.43. The first-order valence-electron chi connectivity index (χ1n) is 6.93. The highest BCUT2D eigenvalue weighted by molar-refractivity contribution is 7.09. The van der Waals surface area contributed by atoms with Gasteiger partial charge in [0.05, 0.1) is 13.2 Å². The van der Waals surface area contributed by atoms with Gasteiger partial charge in [-0.1, -0.05) is 12.1 Å². The smallest absolute Gasteiger partial charge is 0.165 e. The fraction of sp³-hybridized carbons (Fsp3) is 0.375. The average Bonchev–Trinajstić information content (AvgIpc) is 2.99. The molecule has 21 heavy (non-hydrogen) atoms. The number of nitrogens with one attached hydrogen (secondary N) is 1. The van der Waals surface area contributed by atoms with Crippen molar-refractivity contribution < 1.29 is 13.9 Å². The van der Waals surface area contributed by atoms with Crippen molar-refractivity contribution >= 4 is 11.3 Å². The molecule has 3 nitrogen and oxygen atoms in total. The van der Waals surface area contributed by atoms with E-state index in [1.165, 1.54) is 10.9 Å². The van der Waals surface area contributed by atoms with Crippen LogP contribution >= 0.6 is 11.3 Å². The van der Waals surface area contributed by atoms with Crippen LogP contribution in [0.25, 0.3) is 0 Å². The summed E-state index contributed by atoms with van der Waals surface area (Å²) in [7, 11) is 1.66. The van der Waals surface area contributed by atoms with Crippen LogP contribution in [0.5, 0.6) is 5.75 Å². The lowest BCUT2D eigenvalue weighted by atomic mass is 10.2. The van der Waals surface area contributed by atoms with Crippen molar-refractivity contribution in [1.82, 2.24) is 5.32 Å². The Labute approximate surface area is 128 Å². The molecule has 0 aliphatic heterocycles. The third kappa shape index (κ3) is 5.46. The highest BCUT2D eigenvalue weighted by atomic mass is 32.1. The normalized spacial score (nSPS) is 10.8. The number of hydrogen-bond acceptors (Lipinski definition) is 4. The molecule has 1 aromatic carbocycles. The summed E-state index contributed by atoms with van der Waals surface area (Å²) >= 11 is 1.69. The van der Waals surface area contributed by atoms with Gasteiger partial charge in [0.2, 0.25) is 0 Å². The molecule has 1 heterocycles. The Bertz CT molecular complexity index is 531. The van der Waals surface area contributed by atoms with Crippen molar-refractivity contribution in [2.75, 3.05) is 26.9 Å². The van der Waals surface area contributed by atoms with E-state index in [2.05, 4.69) is 11.4 Å². The minimum Gasteiger partial charge on any atom is -0.490 e. The third-order valence-corrected chi connectivity index (χ3v) is 3.93. The van der Waals surface area contributed by atoms with E-state index in [4.69, 9.17) is 9.47 Å². The van der Waals surface area contributed by atoms with E-state index in [-0.39, 0.29) is 5.82 Å². The van der Waals surface area contributed by atoms with E-state index in [9.17, 15) is 4.39 Å². The maximum absolute atomic E-state index is 13.9. The standard InChI is InChI=1S/C16H20FNO2S/c1-19-9-7-18-12-13-4-5-16(15(17)11-13)20-8-6-14-3-2-10-21-14/h2-5,10-11,18H,6-9,12H2,1H3. The lowest BCUT2D eigenvalue weighted by Crippen LogP contribution is -2.18. The van der Waals surface area contributed by atoms with Gasteiger partial charge >= 0.3 is 0 Å². The van der Waals surface area contributed by atoms with Crippen molar-refractivity contribution in [3.8, 4) is 5.75 Å². The molecule has 2 rings (SSSR count). The number of methoxy groups -OCH3 is 1. The monoisotopic (exact) mass is 309 g/mol. The van der Waals surface area contributed by atoms with Gasteiger partial charge < -0.3 is 14.8 Å². The highest BCUT2D eigenvalue weighted by Crippen LogP contribution is 2.19. The van der Waals surface area contributed by atoms with Crippen molar-refractivity contribution in [3.05, 3.63) is 52.0 Å². The van der Waals surface area contributed by atoms with Crippen LogP contribution in [0.3, 0.4) is 0 Å². The van der Waals surface area contributed by atoms with Gasteiger partial charge in [-0.05, 0) is 29.1 Å². The van der Waals surface area contributed by atoms with Crippen LogP contribution in [0.2, 0.25) is 0 Å². The van der Waals surface area contributed by atoms with Crippen LogP contribution in [0.1, 0.15) is 10.4 Å². The first-order chi connectivity index (χ1) is 10.3. The van der Waals surface area contributed by atoms with Gasteiger partial charge in [-0.25, -0.2) is 4.39 Å². The van der Waals surface area contributed by atoms with E-state index in [1.54, 1.807) is 24.5 Å². The molecular weight excluding hydrogens is 289 g/mol. The Morgan fingerprint density at radius 3 is 2.86 bits per heavy atom. The van der Waals surface area contributed by atoms with E-state index in [1.807, 2.05) is 17.5 Å². The molecule has 0 bridgehead atoms. The zero-order valence-corrected chi connectivity index (χ0v) is 12.9. The van der Waals surface area contributed by atoms with Crippen LogP contribution in [-0.4, -0.2) is 26.9 Å². The second kappa shape index (κ2) is 8.77. The van der Waals surface area contributed by atoms with E-state index in [0.717, 1.165) is 18.5 Å². The molecule has 0 aliphatic carbocycles. The Morgan fingerprint density at radius 2 is 2.14 bits per heavy atom. The lowest BCUT2D eigenvalue weighted by molar-refractivity contribution is 0.199. The summed E-state index contributed by atoms with van der Waals surface area (Å²) in [6.45, 7) is 2.50. The van der Waals surface area contributed by atoms with Gasteiger partial charge in [-0.3, -0.25) is 0 Å². The van der Waals surface area contributed by atoms with Crippen LogP contribution in [-0.2, 0) is 17.7 Å². The SMILES string of the molecule is COCCNCc1ccc(OCCc2cccs2)c(F)c1. The molecule has 1 N–H and O–H groups in total. The molecule has 0 saturated carbocycles. The molecule has 0 fully saturated rings. The van der Waals surface area contributed by atoms with Gasteiger partial charge in [0.1, 0.15) is 0 Å². The Morgan fingerprint density at radius 1 is 1.24 bits per heavy atom. The number of ether oxygens (including phenoxy) is 2. The minimum atomic E-state index is -0.313. The molecule has 0 saturated heterocycles. The summed E-state index contributed by atoms with van der Waals surface area (Å²) in [6.07, 6.45) is 0.803. The molecule has 0 radical (unpaired) electrons. The summed E-state index contributed by atoms with van der Waals surface area (Å²) in [4.78, 5) is 1.24. The first kappa shape index (κ1) is 15.9. The molecule has 5 heteroatoms. The maximum Gasteiger partial charge on any atom is 0.165 e. The molecule has 0 atom stereocenters. The van der Waals surface area contributed by atoms with Crippen LogP contribution in [0, 0.1) is 5.82 Å². The maximum atomic E-state index is 13.9. The number of halogens is 1. The fourth-order valence-electron chi connectivity index (χ4n) is 1.89. The van der Waals surface area contributed by atoms with Crippen molar-refractivity contribution in [3.63, 3.8) is 0 Å². The molecule has 114 valence electrons. The third-order valence-electron chi connectivity index (χ3n) is 2.99. The molecule has 0 spiro atoms. The lowest BCUT2D eigenvalue weighted by Gasteiger charge is -2.09. The molecule has 0 aliphatic rings. The first-order valence-corrected chi connectivity index (χ1v) is 7.81. The molecular formula is C16H20FNO2S. The highest BCUT2D eigenvalue weighted by Gasteiger charge is 2.05. The zero-order chi connectivity index (χ0) is 14.9. The van der Waals surface area contributed by atoms with Gasteiger partial charge in [0.15, 0.2) is 11.6 Å². The van der Waals surface area contributed by atoms with Crippen molar-refractivity contribution in [1.29, 1.82) is 0 Å². The van der Waals surface area contributed by atoms with Crippen LogP contribution < -0.4 is 10.1 Å². The fourth-order valence-corrected chi connectivity index (χ4v) is 2.58. The second-order valence-corrected chi connectivity index (χ2v) is 5.64. The number of benzene rings is 1. The van der Waals surface area contributed by atoms with Crippen LogP contribution in [0.15, 0.2) is 35.7 Å². The molecule has 2 aromatic rings. The molecule has 0 unspecified atom stereocenters. The van der Waals surface area contributed by atoms with Gasteiger partial charge in [-0.2, -0.15) is 0 Å². The van der Waals surface area contributed by atoms with Crippen LogP contribution in [0.4, 0.5) is 4.39 Å². The molecule has 0 amide bonds. The number of thiophene rings is 1. The summed E-state index contributed by atoms with van der Waals surface area (Å²) < 4.78 is 24.4. The largest absolute Gasteiger partial charge is 0.490 e. The van der Waals surface area contributed by atoms with E-state index >= 15 is 0 Å². The van der Waals surface area contributed by atoms with E-state index in [0.29, 0.717) is 25.5 Å². The zero-order valence-electron chi connectivity index (χ0n) is 12.1.